The lowest BCUT2D eigenvalue weighted by Crippen LogP contribution is -2.07. The Morgan fingerprint density at radius 3 is 3.05 bits per heavy atom. The van der Waals surface area contributed by atoms with Crippen LogP contribution in [0.2, 0.25) is 0 Å². The van der Waals surface area contributed by atoms with E-state index in [2.05, 4.69) is 29.1 Å². The van der Waals surface area contributed by atoms with Crippen molar-refractivity contribution in [3.63, 3.8) is 0 Å². The number of aromatic nitrogens is 3. The molecule has 0 aliphatic carbocycles. The molecule has 19 heavy (non-hydrogen) atoms. The minimum Gasteiger partial charge on any atom is -0.361 e. The Morgan fingerprint density at radius 1 is 1.37 bits per heavy atom. The van der Waals surface area contributed by atoms with Crippen LogP contribution in [0.25, 0.3) is 16.2 Å². The van der Waals surface area contributed by atoms with Gasteiger partial charge in [-0.2, -0.15) is 0 Å². The summed E-state index contributed by atoms with van der Waals surface area (Å²) in [5, 5.41) is 4.30. The Balaban J connectivity index is 1.85. The van der Waals surface area contributed by atoms with Crippen LogP contribution in [-0.4, -0.2) is 20.9 Å². The molecule has 0 saturated heterocycles. The van der Waals surface area contributed by atoms with Crippen molar-refractivity contribution < 1.29 is 0 Å². The van der Waals surface area contributed by atoms with E-state index in [1.165, 1.54) is 0 Å². The van der Waals surface area contributed by atoms with E-state index in [9.17, 15) is 0 Å². The first-order chi connectivity index (χ1) is 9.22. The fourth-order valence-corrected chi connectivity index (χ4v) is 2.60. The number of anilines is 1. The molecule has 0 aliphatic rings. The van der Waals surface area contributed by atoms with Gasteiger partial charge in [-0.1, -0.05) is 31.3 Å². The molecule has 3 aromatic rings. The number of fused-ring (bicyclic) bond motifs is 1. The van der Waals surface area contributed by atoms with Crippen molar-refractivity contribution in [3.05, 3.63) is 36.8 Å². The fourth-order valence-electron chi connectivity index (χ4n) is 1.82. The van der Waals surface area contributed by atoms with Crippen LogP contribution in [0.3, 0.4) is 0 Å². The molecule has 98 valence electrons. The van der Waals surface area contributed by atoms with E-state index in [-0.39, 0.29) is 0 Å². The SMILES string of the molecule is CC(C)CNc1ncc(-c2cn3ccccc3n2)s1. The second kappa shape index (κ2) is 5.01. The van der Waals surface area contributed by atoms with Crippen molar-refractivity contribution in [3.8, 4) is 10.6 Å². The minimum atomic E-state index is 0.613. The summed E-state index contributed by atoms with van der Waals surface area (Å²) in [6, 6.07) is 6.00. The summed E-state index contributed by atoms with van der Waals surface area (Å²) in [5.41, 5.74) is 1.93. The summed E-state index contributed by atoms with van der Waals surface area (Å²) in [6.07, 6.45) is 5.93. The van der Waals surface area contributed by atoms with Crippen molar-refractivity contribution in [2.24, 2.45) is 5.92 Å². The standard InChI is InChI=1S/C14H16N4S/c1-10(2)7-15-14-16-8-12(19-14)11-9-18-6-4-3-5-13(18)17-11/h3-6,8-10H,7H2,1-2H3,(H,15,16). The Kier molecular flexibility index (Phi) is 3.21. The third kappa shape index (κ3) is 2.61. The Morgan fingerprint density at radius 2 is 2.26 bits per heavy atom. The predicted molar refractivity (Wildman–Crippen MR) is 79.6 cm³/mol. The van der Waals surface area contributed by atoms with E-state index in [0.717, 1.165) is 27.9 Å². The molecule has 0 atom stereocenters. The molecule has 0 aliphatic heterocycles. The molecule has 0 amide bonds. The van der Waals surface area contributed by atoms with E-state index >= 15 is 0 Å². The van der Waals surface area contributed by atoms with Gasteiger partial charge in [-0.05, 0) is 18.1 Å². The molecule has 5 heteroatoms. The van der Waals surface area contributed by atoms with Crippen LogP contribution in [0, 0.1) is 5.92 Å². The van der Waals surface area contributed by atoms with Gasteiger partial charge in [0.25, 0.3) is 0 Å². The first-order valence-electron chi connectivity index (χ1n) is 6.36. The number of imidazole rings is 1. The number of pyridine rings is 1. The molecule has 0 aromatic carbocycles. The number of hydrogen-bond donors (Lipinski definition) is 1. The quantitative estimate of drug-likeness (QED) is 0.790. The van der Waals surface area contributed by atoms with Crippen LogP contribution >= 0.6 is 11.3 Å². The van der Waals surface area contributed by atoms with Crippen LogP contribution in [0.15, 0.2) is 36.8 Å². The van der Waals surface area contributed by atoms with Gasteiger partial charge in [0.1, 0.15) is 11.3 Å². The van der Waals surface area contributed by atoms with E-state index in [4.69, 9.17) is 0 Å². The maximum atomic E-state index is 4.60. The van der Waals surface area contributed by atoms with Crippen LogP contribution in [0.5, 0.6) is 0 Å². The minimum absolute atomic E-state index is 0.613. The van der Waals surface area contributed by atoms with Crippen LogP contribution in [0.4, 0.5) is 5.13 Å². The van der Waals surface area contributed by atoms with Gasteiger partial charge < -0.3 is 9.72 Å². The molecule has 0 fully saturated rings. The van der Waals surface area contributed by atoms with Crippen LogP contribution in [-0.2, 0) is 0 Å². The molecule has 0 spiro atoms. The van der Waals surface area contributed by atoms with Crippen molar-refractivity contribution in [2.75, 3.05) is 11.9 Å². The maximum absolute atomic E-state index is 4.60. The lowest BCUT2D eigenvalue weighted by molar-refractivity contribution is 0.688. The molecule has 3 heterocycles. The zero-order valence-corrected chi connectivity index (χ0v) is 11.8. The number of nitrogens with zero attached hydrogens (tertiary/aromatic N) is 3. The van der Waals surface area contributed by atoms with E-state index in [1.54, 1.807) is 11.3 Å². The third-order valence-electron chi connectivity index (χ3n) is 2.78. The topological polar surface area (TPSA) is 42.2 Å². The Hall–Kier alpha value is -1.88. The average molecular weight is 272 g/mol. The van der Waals surface area contributed by atoms with Crippen LogP contribution < -0.4 is 5.32 Å². The zero-order valence-electron chi connectivity index (χ0n) is 11.0. The Labute approximate surface area is 116 Å². The van der Waals surface area contributed by atoms with Gasteiger partial charge in [0.05, 0.1) is 4.88 Å². The first-order valence-corrected chi connectivity index (χ1v) is 7.18. The monoisotopic (exact) mass is 272 g/mol. The number of thiazole rings is 1. The molecular weight excluding hydrogens is 256 g/mol. The normalized spacial score (nSPS) is 11.3. The second-order valence-electron chi connectivity index (χ2n) is 4.90. The summed E-state index contributed by atoms with van der Waals surface area (Å²) in [4.78, 5) is 10.1. The Bertz CT molecular complexity index is 650. The zero-order chi connectivity index (χ0) is 13.2. The summed E-state index contributed by atoms with van der Waals surface area (Å²) in [6.45, 7) is 5.31. The maximum Gasteiger partial charge on any atom is 0.183 e. The second-order valence-corrected chi connectivity index (χ2v) is 5.93. The predicted octanol–water partition coefficient (Wildman–Crippen LogP) is 3.53. The van der Waals surface area contributed by atoms with Gasteiger partial charge in [-0.25, -0.2) is 9.97 Å². The van der Waals surface area contributed by atoms with Gasteiger partial charge in [-0.15, -0.1) is 0 Å². The van der Waals surface area contributed by atoms with E-state index < -0.39 is 0 Å². The highest BCUT2D eigenvalue weighted by molar-refractivity contribution is 7.18. The molecule has 0 unspecified atom stereocenters. The smallest absolute Gasteiger partial charge is 0.183 e. The van der Waals surface area contributed by atoms with Gasteiger partial charge in [0.2, 0.25) is 0 Å². The molecule has 1 N–H and O–H groups in total. The van der Waals surface area contributed by atoms with E-state index in [0.29, 0.717) is 5.92 Å². The van der Waals surface area contributed by atoms with Gasteiger partial charge >= 0.3 is 0 Å². The van der Waals surface area contributed by atoms with Gasteiger partial charge in [-0.3, -0.25) is 0 Å². The number of nitrogens with one attached hydrogen (secondary N) is 1. The molecular formula is C14H16N4S. The van der Waals surface area contributed by atoms with E-state index in [1.807, 2.05) is 41.2 Å². The highest BCUT2D eigenvalue weighted by Crippen LogP contribution is 2.28. The summed E-state index contributed by atoms with van der Waals surface area (Å²) in [7, 11) is 0. The molecule has 0 radical (unpaired) electrons. The fraction of sp³-hybridized carbons (Fsp3) is 0.286. The number of rotatable bonds is 4. The molecule has 4 nitrogen and oxygen atoms in total. The molecule has 0 saturated carbocycles. The van der Waals surface area contributed by atoms with Gasteiger partial charge in [0, 0.05) is 25.1 Å². The molecule has 0 bridgehead atoms. The van der Waals surface area contributed by atoms with Crippen molar-refractivity contribution in [1.82, 2.24) is 14.4 Å². The average Bonchev–Trinajstić information content (AvgIpc) is 3.02. The van der Waals surface area contributed by atoms with Gasteiger partial charge in [0.15, 0.2) is 5.13 Å². The summed E-state index contributed by atoms with van der Waals surface area (Å²) < 4.78 is 2.02. The lowest BCUT2D eigenvalue weighted by Gasteiger charge is -2.04. The largest absolute Gasteiger partial charge is 0.361 e. The van der Waals surface area contributed by atoms with Crippen molar-refractivity contribution in [1.29, 1.82) is 0 Å². The van der Waals surface area contributed by atoms with Crippen LogP contribution in [0.1, 0.15) is 13.8 Å². The third-order valence-corrected chi connectivity index (χ3v) is 3.76. The first kappa shape index (κ1) is 12.2. The van der Waals surface area contributed by atoms with Crippen molar-refractivity contribution in [2.45, 2.75) is 13.8 Å². The lowest BCUT2D eigenvalue weighted by atomic mass is 10.2. The summed E-state index contributed by atoms with van der Waals surface area (Å²) in [5.74, 6) is 0.613. The number of hydrogen-bond acceptors (Lipinski definition) is 4. The molecule has 3 rings (SSSR count). The highest BCUT2D eigenvalue weighted by Gasteiger charge is 2.08. The van der Waals surface area contributed by atoms with Crippen molar-refractivity contribution >= 4 is 22.1 Å². The summed E-state index contributed by atoms with van der Waals surface area (Å²) >= 11 is 1.65. The highest BCUT2D eigenvalue weighted by atomic mass is 32.1. The molecule has 3 aromatic heterocycles.